The zero-order valence-electron chi connectivity index (χ0n) is 11.6. The van der Waals surface area contributed by atoms with Crippen LogP contribution in [0.4, 0.5) is 13.2 Å². The van der Waals surface area contributed by atoms with E-state index in [1.54, 1.807) is 12.1 Å². The van der Waals surface area contributed by atoms with Crippen molar-refractivity contribution in [3.8, 4) is 16.9 Å². The molecule has 0 amide bonds. The fraction of sp³-hybridized carbons (Fsp3) is 0.200. The number of rotatable bonds is 3. The van der Waals surface area contributed by atoms with Crippen LogP contribution in [0.25, 0.3) is 16.8 Å². The molecule has 0 aliphatic heterocycles. The average Bonchev–Trinajstić information content (AvgIpc) is 2.88. The fourth-order valence-electron chi connectivity index (χ4n) is 2.20. The first-order valence-corrected chi connectivity index (χ1v) is 6.66. The summed E-state index contributed by atoms with van der Waals surface area (Å²) in [6.45, 7) is 1.98. The molecule has 2 heterocycles. The molecule has 3 rings (SSSR count). The first-order valence-electron chi connectivity index (χ1n) is 6.66. The third kappa shape index (κ3) is 2.88. The molecule has 0 atom stereocenters. The number of halogens is 3. The molecule has 0 saturated heterocycles. The molecule has 0 aliphatic carbocycles. The highest BCUT2D eigenvalue weighted by Gasteiger charge is 2.30. The molecule has 0 radical (unpaired) electrons. The standard InChI is InChI=1S/C15H12F3N3O/c1-2-13-19-20-14-8-5-11(9-21(13)14)10-3-6-12(7-4-10)22-15(16,17)18/h3-9H,2H2,1H3. The summed E-state index contributed by atoms with van der Waals surface area (Å²) in [6.07, 6.45) is -2.07. The lowest BCUT2D eigenvalue weighted by Gasteiger charge is -2.09. The predicted octanol–water partition coefficient (Wildman–Crippen LogP) is 3.86. The molecule has 0 fully saturated rings. The Morgan fingerprint density at radius 2 is 1.68 bits per heavy atom. The first-order chi connectivity index (χ1) is 10.5. The Morgan fingerprint density at radius 1 is 1.00 bits per heavy atom. The van der Waals surface area contributed by atoms with E-state index in [9.17, 15) is 13.2 Å². The van der Waals surface area contributed by atoms with E-state index in [4.69, 9.17) is 0 Å². The van der Waals surface area contributed by atoms with Crippen LogP contribution in [0.3, 0.4) is 0 Å². The van der Waals surface area contributed by atoms with Gasteiger partial charge in [0.15, 0.2) is 5.65 Å². The van der Waals surface area contributed by atoms with Gasteiger partial charge in [-0.15, -0.1) is 23.4 Å². The van der Waals surface area contributed by atoms with Crippen molar-refractivity contribution < 1.29 is 17.9 Å². The summed E-state index contributed by atoms with van der Waals surface area (Å²) < 4.78 is 42.2. The van der Waals surface area contributed by atoms with Crippen molar-refractivity contribution >= 4 is 5.65 Å². The van der Waals surface area contributed by atoms with Crippen LogP contribution in [-0.4, -0.2) is 21.0 Å². The van der Waals surface area contributed by atoms with Gasteiger partial charge in [0.1, 0.15) is 11.6 Å². The summed E-state index contributed by atoms with van der Waals surface area (Å²) in [5.41, 5.74) is 2.38. The van der Waals surface area contributed by atoms with Crippen molar-refractivity contribution in [2.75, 3.05) is 0 Å². The summed E-state index contributed by atoms with van der Waals surface area (Å²) in [5.74, 6) is 0.588. The number of hydrogen-bond acceptors (Lipinski definition) is 3. The smallest absolute Gasteiger partial charge is 0.406 e. The Bertz CT molecular complexity index is 794. The van der Waals surface area contributed by atoms with E-state index in [-0.39, 0.29) is 5.75 Å². The minimum Gasteiger partial charge on any atom is -0.406 e. The molecule has 2 aromatic heterocycles. The molecule has 0 bridgehead atoms. The molecule has 0 saturated carbocycles. The monoisotopic (exact) mass is 307 g/mol. The number of benzene rings is 1. The minimum absolute atomic E-state index is 0.240. The topological polar surface area (TPSA) is 39.4 Å². The fourth-order valence-corrected chi connectivity index (χ4v) is 2.20. The van der Waals surface area contributed by atoms with Gasteiger partial charge in [-0.25, -0.2) is 0 Å². The predicted molar refractivity (Wildman–Crippen MR) is 74.5 cm³/mol. The molecule has 4 nitrogen and oxygen atoms in total. The van der Waals surface area contributed by atoms with Gasteiger partial charge in [-0.1, -0.05) is 19.1 Å². The number of alkyl halides is 3. The first kappa shape index (κ1) is 14.4. The minimum atomic E-state index is -4.68. The van der Waals surface area contributed by atoms with E-state index in [0.29, 0.717) is 0 Å². The molecule has 1 aromatic carbocycles. The Labute approximate surface area is 124 Å². The van der Waals surface area contributed by atoms with Crippen LogP contribution in [0.5, 0.6) is 5.75 Å². The number of pyridine rings is 1. The SMILES string of the molecule is CCc1nnc2ccc(-c3ccc(OC(F)(F)F)cc3)cn12. The molecule has 0 spiro atoms. The Morgan fingerprint density at radius 3 is 2.32 bits per heavy atom. The Hall–Kier alpha value is -2.57. The van der Waals surface area contributed by atoms with E-state index in [0.717, 1.165) is 29.0 Å². The maximum Gasteiger partial charge on any atom is 0.573 e. The zero-order chi connectivity index (χ0) is 15.7. The van der Waals surface area contributed by atoms with Crippen LogP contribution in [0.15, 0.2) is 42.6 Å². The summed E-state index contributed by atoms with van der Waals surface area (Å²) in [7, 11) is 0. The van der Waals surface area contributed by atoms with Gasteiger partial charge in [0, 0.05) is 12.6 Å². The third-order valence-electron chi connectivity index (χ3n) is 3.21. The van der Waals surface area contributed by atoms with Gasteiger partial charge in [0.25, 0.3) is 0 Å². The van der Waals surface area contributed by atoms with Crippen molar-refractivity contribution in [3.05, 3.63) is 48.4 Å². The Kier molecular flexibility index (Phi) is 3.48. The van der Waals surface area contributed by atoms with Crippen LogP contribution < -0.4 is 4.74 Å². The lowest BCUT2D eigenvalue weighted by Crippen LogP contribution is -2.16. The molecule has 22 heavy (non-hydrogen) atoms. The zero-order valence-corrected chi connectivity index (χ0v) is 11.6. The van der Waals surface area contributed by atoms with Crippen molar-refractivity contribution in [2.45, 2.75) is 19.7 Å². The van der Waals surface area contributed by atoms with E-state index in [2.05, 4.69) is 14.9 Å². The summed E-state index contributed by atoms with van der Waals surface area (Å²) >= 11 is 0. The molecular formula is C15H12F3N3O. The van der Waals surface area contributed by atoms with Crippen LogP contribution >= 0.6 is 0 Å². The van der Waals surface area contributed by atoms with Crippen molar-refractivity contribution in [3.63, 3.8) is 0 Å². The highest BCUT2D eigenvalue weighted by molar-refractivity contribution is 5.65. The molecule has 0 unspecified atom stereocenters. The summed E-state index contributed by atoms with van der Waals surface area (Å²) in [6, 6.07) is 9.42. The molecule has 0 aliphatic rings. The largest absolute Gasteiger partial charge is 0.573 e. The number of aromatic nitrogens is 3. The quantitative estimate of drug-likeness (QED) is 0.737. The molecule has 7 heteroatoms. The average molecular weight is 307 g/mol. The Balaban J connectivity index is 1.93. The maximum atomic E-state index is 12.1. The highest BCUT2D eigenvalue weighted by atomic mass is 19.4. The second kappa shape index (κ2) is 5.32. The van der Waals surface area contributed by atoms with E-state index < -0.39 is 6.36 Å². The molecular weight excluding hydrogens is 295 g/mol. The molecule has 114 valence electrons. The van der Waals surface area contributed by atoms with Crippen molar-refractivity contribution in [2.24, 2.45) is 0 Å². The number of ether oxygens (including phenoxy) is 1. The van der Waals surface area contributed by atoms with Gasteiger partial charge in [0.05, 0.1) is 0 Å². The van der Waals surface area contributed by atoms with Gasteiger partial charge in [0.2, 0.25) is 0 Å². The normalized spacial score (nSPS) is 11.8. The molecule has 0 N–H and O–H groups in total. The van der Waals surface area contributed by atoms with Gasteiger partial charge in [-0.05, 0) is 35.4 Å². The number of hydrogen-bond donors (Lipinski definition) is 0. The van der Waals surface area contributed by atoms with Crippen LogP contribution in [0.2, 0.25) is 0 Å². The van der Waals surface area contributed by atoms with Crippen LogP contribution in [0, 0.1) is 0 Å². The molecule has 3 aromatic rings. The summed E-state index contributed by atoms with van der Waals surface area (Å²) in [4.78, 5) is 0. The van der Waals surface area contributed by atoms with E-state index >= 15 is 0 Å². The van der Waals surface area contributed by atoms with Gasteiger partial charge < -0.3 is 4.74 Å². The number of fused-ring (bicyclic) bond motifs is 1. The number of aryl methyl sites for hydroxylation is 1. The van der Waals surface area contributed by atoms with Gasteiger partial charge >= 0.3 is 6.36 Å². The maximum absolute atomic E-state index is 12.1. The second-order valence-electron chi connectivity index (χ2n) is 4.69. The highest BCUT2D eigenvalue weighted by Crippen LogP contribution is 2.26. The van der Waals surface area contributed by atoms with Gasteiger partial charge in [-0.2, -0.15) is 0 Å². The lowest BCUT2D eigenvalue weighted by atomic mass is 10.1. The van der Waals surface area contributed by atoms with E-state index in [1.807, 2.05) is 29.7 Å². The van der Waals surface area contributed by atoms with Gasteiger partial charge in [-0.3, -0.25) is 4.40 Å². The van der Waals surface area contributed by atoms with Crippen molar-refractivity contribution in [1.29, 1.82) is 0 Å². The van der Waals surface area contributed by atoms with E-state index in [1.165, 1.54) is 12.1 Å². The lowest BCUT2D eigenvalue weighted by molar-refractivity contribution is -0.274. The third-order valence-corrected chi connectivity index (χ3v) is 3.21. The second-order valence-corrected chi connectivity index (χ2v) is 4.69. The number of nitrogens with zero attached hydrogens (tertiary/aromatic N) is 3. The van der Waals surface area contributed by atoms with Crippen LogP contribution in [-0.2, 0) is 6.42 Å². The van der Waals surface area contributed by atoms with Crippen molar-refractivity contribution in [1.82, 2.24) is 14.6 Å². The summed E-state index contributed by atoms with van der Waals surface area (Å²) in [5, 5.41) is 8.12. The van der Waals surface area contributed by atoms with Crippen LogP contribution in [0.1, 0.15) is 12.7 Å².